The molecule has 0 amide bonds. The summed E-state index contributed by atoms with van der Waals surface area (Å²) in [5, 5.41) is 8.61. The molecule has 6 nitrogen and oxygen atoms in total. The molecule has 0 aromatic carbocycles. The first-order valence-corrected chi connectivity index (χ1v) is 4.80. The van der Waals surface area contributed by atoms with Crippen molar-refractivity contribution in [2.45, 2.75) is 26.5 Å². The highest BCUT2D eigenvalue weighted by Gasteiger charge is 2.31. The van der Waals surface area contributed by atoms with E-state index in [0.717, 1.165) is 0 Å². The zero-order valence-electron chi connectivity index (χ0n) is 9.10. The Hall–Kier alpha value is -1.90. The van der Waals surface area contributed by atoms with Crippen LogP contribution in [0.25, 0.3) is 0 Å². The van der Waals surface area contributed by atoms with Gasteiger partial charge in [-0.15, -0.1) is 0 Å². The van der Waals surface area contributed by atoms with Crippen LogP contribution in [-0.4, -0.2) is 30.5 Å². The minimum Gasteiger partial charge on any atom is -0.465 e. The van der Waals surface area contributed by atoms with Crippen LogP contribution in [0.3, 0.4) is 0 Å². The van der Waals surface area contributed by atoms with Gasteiger partial charge in [0.25, 0.3) is 0 Å². The number of carbonyl (C=O) groups is 2. The lowest BCUT2D eigenvalue weighted by molar-refractivity contribution is -0.146. The zero-order valence-corrected chi connectivity index (χ0v) is 9.10. The Morgan fingerprint density at radius 2 is 2.44 bits per heavy atom. The van der Waals surface area contributed by atoms with E-state index in [1.54, 1.807) is 0 Å². The Kier molecular flexibility index (Phi) is 4.00. The molecule has 0 aliphatic carbocycles. The van der Waals surface area contributed by atoms with Crippen LogP contribution in [0.1, 0.15) is 20.3 Å². The molecular weight excluding hydrogens is 212 g/mol. The number of hydrogen-bond acceptors (Lipinski definition) is 6. The molecule has 2 unspecified atom stereocenters. The van der Waals surface area contributed by atoms with Crippen molar-refractivity contribution in [1.82, 2.24) is 0 Å². The largest absolute Gasteiger partial charge is 0.465 e. The summed E-state index contributed by atoms with van der Waals surface area (Å²) in [5.41, 5.74) is 0.274. The molecule has 0 N–H and O–H groups in total. The van der Waals surface area contributed by atoms with Crippen LogP contribution < -0.4 is 0 Å². The molecule has 6 heteroatoms. The van der Waals surface area contributed by atoms with E-state index >= 15 is 0 Å². The fourth-order valence-corrected chi connectivity index (χ4v) is 1.25. The maximum Gasteiger partial charge on any atom is 0.354 e. The normalized spacial score (nSPS) is 20.7. The van der Waals surface area contributed by atoms with Crippen LogP contribution in [0.5, 0.6) is 0 Å². The molecule has 0 saturated carbocycles. The van der Waals surface area contributed by atoms with Crippen molar-refractivity contribution >= 4 is 17.7 Å². The molecule has 0 aromatic rings. The van der Waals surface area contributed by atoms with Crippen molar-refractivity contribution in [3.05, 3.63) is 0 Å². The standard InChI is InChI=1S/C10H12N2O4/c1-6-10(14)16-9(12-6)8(3-4-11)5-15-7(2)13/h8-9H,3,5H2,1-2H3. The Morgan fingerprint density at radius 1 is 1.75 bits per heavy atom. The number of nitrogens with zero attached hydrogens (tertiary/aromatic N) is 2. The van der Waals surface area contributed by atoms with Gasteiger partial charge in [-0.3, -0.25) is 4.79 Å². The first kappa shape index (κ1) is 12.2. The molecule has 1 aliphatic rings. The number of nitriles is 1. The molecule has 0 saturated heterocycles. The SMILES string of the molecule is CC(=O)OCC(CC#N)C1N=C(C)C(=O)O1. The van der Waals surface area contributed by atoms with Crippen molar-refractivity contribution < 1.29 is 19.1 Å². The quantitative estimate of drug-likeness (QED) is 0.646. The van der Waals surface area contributed by atoms with Gasteiger partial charge in [0.1, 0.15) is 12.3 Å². The third-order valence-electron chi connectivity index (χ3n) is 2.10. The molecule has 1 rings (SSSR count). The molecule has 2 atom stereocenters. The summed E-state index contributed by atoms with van der Waals surface area (Å²) in [6.07, 6.45) is -0.603. The number of esters is 2. The molecule has 86 valence electrons. The molecular formula is C10H12N2O4. The van der Waals surface area contributed by atoms with E-state index in [1.165, 1.54) is 13.8 Å². The van der Waals surface area contributed by atoms with Gasteiger partial charge in [0.05, 0.1) is 12.0 Å². The highest BCUT2D eigenvalue weighted by Crippen LogP contribution is 2.19. The van der Waals surface area contributed by atoms with E-state index in [-0.39, 0.29) is 18.7 Å². The number of rotatable bonds is 4. The minimum absolute atomic E-state index is 0.0254. The van der Waals surface area contributed by atoms with Crippen molar-refractivity contribution in [2.24, 2.45) is 10.9 Å². The summed E-state index contributed by atoms with van der Waals surface area (Å²) in [6.45, 7) is 2.84. The predicted molar refractivity (Wildman–Crippen MR) is 53.3 cm³/mol. The van der Waals surface area contributed by atoms with Crippen molar-refractivity contribution in [3.63, 3.8) is 0 Å². The second-order valence-electron chi connectivity index (χ2n) is 3.44. The zero-order chi connectivity index (χ0) is 12.1. The second kappa shape index (κ2) is 5.26. The van der Waals surface area contributed by atoms with E-state index in [9.17, 15) is 9.59 Å². The average Bonchev–Trinajstić information content (AvgIpc) is 2.53. The Balaban J connectivity index is 2.61. The minimum atomic E-state index is -0.716. The van der Waals surface area contributed by atoms with E-state index in [0.29, 0.717) is 0 Å². The van der Waals surface area contributed by atoms with Crippen LogP contribution in [0, 0.1) is 17.2 Å². The summed E-state index contributed by atoms with van der Waals surface area (Å²) < 4.78 is 9.72. The van der Waals surface area contributed by atoms with Crippen LogP contribution in [0.2, 0.25) is 0 Å². The smallest absolute Gasteiger partial charge is 0.354 e. The van der Waals surface area contributed by atoms with E-state index < -0.39 is 24.1 Å². The van der Waals surface area contributed by atoms with E-state index in [2.05, 4.69) is 4.99 Å². The first-order chi connectivity index (χ1) is 7.54. The summed E-state index contributed by atoms with van der Waals surface area (Å²) in [6, 6.07) is 1.95. The molecule has 1 heterocycles. The molecule has 0 fully saturated rings. The Morgan fingerprint density at radius 3 is 2.88 bits per heavy atom. The summed E-state index contributed by atoms with van der Waals surface area (Å²) in [7, 11) is 0. The molecule has 0 bridgehead atoms. The maximum absolute atomic E-state index is 11.1. The van der Waals surface area contributed by atoms with E-state index in [1.807, 2.05) is 6.07 Å². The Bertz CT molecular complexity index is 370. The lowest BCUT2D eigenvalue weighted by atomic mass is 10.1. The van der Waals surface area contributed by atoms with Gasteiger partial charge in [0.2, 0.25) is 6.23 Å². The van der Waals surface area contributed by atoms with Crippen molar-refractivity contribution in [3.8, 4) is 6.07 Å². The number of ether oxygens (including phenoxy) is 2. The molecule has 0 spiro atoms. The summed E-state index contributed by atoms with van der Waals surface area (Å²) in [4.78, 5) is 25.7. The topological polar surface area (TPSA) is 88.8 Å². The van der Waals surface area contributed by atoms with E-state index in [4.69, 9.17) is 14.7 Å². The Labute approximate surface area is 92.9 Å². The number of hydrogen-bond donors (Lipinski definition) is 0. The van der Waals surface area contributed by atoms with Crippen LogP contribution >= 0.6 is 0 Å². The van der Waals surface area contributed by atoms with Crippen LogP contribution in [0.15, 0.2) is 4.99 Å². The number of cyclic esters (lactones) is 1. The predicted octanol–water partition coefficient (Wildman–Crippen LogP) is 0.423. The summed E-state index contributed by atoms with van der Waals surface area (Å²) in [5.74, 6) is -1.33. The lowest BCUT2D eigenvalue weighted by Crippen LogP contribution is -2.25. The highest BCUT2D eigenvalue weighted by molar-refractivity contribution is 6.36. The highest BCUT2D eigenvalue weighted by atomic mass is 16.6. The van der Waals surface area contributed by atoms with Gasteiger partial charge in [0.15, 0.2) is 0 Å². The fraction of sp³-hybridized carbons (Fsp3) is 0.600. The fourth-order valence-electron chi connectivity index (χ4n) is 1.25. The molecule has 1 aliphatic heterocycles. The van der Waals surface area contributed by atoms with Gasteiger partial charge >= 0.3 is 11.9 Å². The van der Waals surface area contributed by atoms with Gasteiger partial charge in [0, 0.05) is 13.3 Å². The maximum atomic E-state index is 11.1. The lowest BCUT2D eigenvalue weighted by Gasteiger charge is -2.17. The third-order valence-corrected chi connectivity index (χ3v) is 2.10. The summed E-state index contributed by atoms with van der Waals surface area (Å²) >= 11 is 0. The monoisotopic (exact) mass is 224 g/mol. The third kappa shape index (κ3) is 3.05. The van der Waals surface area contributed by atoms with Crippen molar-refractivity contribution in [1.29, 1.82) is 5.26 Å². The molecule has 16 heavy (non-hydrogen) atoms. The average molecular weight is 224 g/mol. The number of carbonyl (C=O) groups excluding carboxylic acids is 2. The number of aliphatic imine (C=N–C) groups is 1. The van der Waals surface area contributed by atoms with Gasteiger partial charge < -0.3 is 9.47 Å². The van der Waals surface area contributed by atoms with Gasteiger partial charge in [-0.05, 0) is 6.92 Å². The molecule has 0 aromatic heterocycles. The van der Waals surface area contributed by atoms with Gasteiger partial charge in [-0.25, -0.2) is 9.79 Å². The van der Waals surface area contributed by atoms with Gasteiger partial charge in [-0.1, -0.05) is 0 Å². The van der Waals surface area contributed by atoms with Gasteiger partial charge in [-0.2, -0.15) is 5.26 Å². The first-order valence-electron chi connectivity index (χ1n) is 4.80. The molecule has 0 radical (unpaired) electrons. The van der Waals surface area contributed by atoms with Crippen LogP contribution in [0.4, 0.5) is 0 Å². The van der Waals surface area contributed by atoms with Crippen molar-refractivity contribution in [2.75, 3.05) is 6.61 Å². The van der Waals surface area contributed by atoms with Crippen LogP contribution in [-0.2, 0) is 19.1 Å². The second-order valence-corrected chi connectivity index (χ2v) is 3.44.